The molecule has 4 rings (SSSR count). The van der Waals surface area contributed by atoms with E-state index in [9.17, 15) is 0 Å². The van der Waals surface area contributed by atoms with Gasteiger partial charge in [0.1, 0.15) is 13.3 Å². The minimum absolute atomic E-state index is 0. The van der Waals surface area contributed by atoms with Crippen LogP contribution in [0, 0.1) is 55.4 Å². The number of hydrogen-bond donors (Lipinski definition) is 0. The Bertz CT molecular complexity index is 1140. The van der Waals surface area contributed by atoms with E-state index in [2.05, 4.69) is 96.8 Å². The van der Waals surface area contributed by atoms with Crippen LogP contribution in [-0.2, 0) is 40.6 Å². The number of aryl methyl sites for hydroxylation is 8. The molecular formula is C24H32CdN10S2. The maximum atomic E-state index is 7.13. The van der Waals surface area contributed by atoms with Crippen LogP contribution in [0.5, 0.6) is 0 Å². The monoisotopic (exact) mass is 638 g/mol. The van der Waals surface area contributed by atoms with E-state index in [0.717, 1.165) is 22.8 Å². The van der Waals surface area contributed by atoms with Crippen molar-refractivity contribution >= 4 is 34.8 Å². The molecule has 4 heterocycles. The third-order valence-electron chi connectivity index (χ3n) is 4.95. The number of isothiocyanates is 2. The number of hydrogen-bond acceptors (Lipinski definition) is 6. The summed E-state index contributed by atoms with van der Waals surface area (Å²) >= 11 is 7.40. The van der Waals surface area contributed by atoms with Gasteiger partial charge < -0.3 is 10.8 Å². The van der Waals surface area contributed by atoms with Crippen LogP contribution in [-0.4, -0.2) is 49.4 Å². The van der Waals surface area contributed by atoms with Crippen LogP contribution >= 0.6 is 24.4 Å². The Kier molecular flexibility index (Phi) is 15.8. The SMILES string of the molecule is Cc1cc(C)n(Cn2nc(C)cc2C)n1.Cc1cc(C)n(Cn2nc(C)cc2C)n1.[Cd+2].[N-]=C=S.[N-]=C=S. The summed E-state index contributed by atoms with van der Waals surface area (Å²) in [5, 5.41) is 34.6. The van der Waals surface area contributed by atoms with E-state index in [4.69, 9.17) is 10.8 Å². The van der Waals surface area contributed by atoms with Gasteiger partial charge in [-0.3, -0.25) is 0 Å². The molecule has 37 heavy (non-hydrogen) atoms. The Balaban J connectivity index is 0.000000566. The Labute approximate surface area is 249 Å². The summed E-state index contributed by atoms with van der Waals surface area (Å²) in [6.45, 7) is 17.7. The zero-order chi connectivity index (χ0) is 27.4. The summed E-state index contributed by atoms with van der Waals surface area (Å²) in [5.41, 5.74) is 8.87. The minimum atomic E-state index is 0. The molecule has 0 saturated carbocycles. The molecule has 13 heteroatoms. The molecule has 0 aromatic carbocycles. The summed E-state index contributed by atoms with van der Waals surface area (Å²) in [5.74, 6) is 0. The van der Waals surface area contributed by atoms with Crippen molar-refractivity contribution in [1.82, 2.24) is 39.1 Å². The molecule has 4 aromatic heterocycles. The molecule has 0 aliphatic heterocycles. The first-order valence-electron chi connectivity index (χ1n) is 11.0. The van der Waals surface area contributed by atoms with Gasteiger partial charge in [-0.2, -0.15) is 30.7 Å². The maximum Gasteiger partial charge on any atom is 2.00 e. The normalized spacial score (nSPS) is 9.30. The molecule has 0 saturated heterocycles. The van der Waals surface area contributed by atoms with Crippen molar-refractivity contribution in [2.45, 2.75) is 68.7 Å². The van der Waals surface area contributed by atoms with Crippen molar-refractivity contribution in [3.05, 3.63) is 80.6 Å². The van der Waals surface area contributed by atoms with Crippen molar-refractivity contribution in [1.29, 1.82) is 0 Å². The van der Waals surface area contributed by atoms with E-state index in [0.29, 0.717) is 13.3 Å². The average Bonchev–Trinajstić information content (AvgIpc) is 3.46. The second-order valence-electron chi connectivity index (χ2n) is 8.17. The molecule has 0 atom stereocenters. The molecule has 0 fully saturated rings. The fourth-order valence-corrected chi connectivity index (χ4v) is 3.53. The predicted octanol–water partition coefficient (Wildman–Crippen LogP) is 4.95. The van der Waals surface area contributed by atoms with E-state index >= 15 is 0 Å². The number of rotatable bonds is 4. The summed E-state index contributed by atoms with van der Waals surface area (Å²) in [4.78, 5) is 0. The first-order valence-corrected chi connectivity index (χ1v) is 11.8. The van der Waals surface area contributed by atoms with Gasteiger partial charge >= 0.3 is 27.3 Å². The zero-order valence-corrected chi connectivity index (χ0v) is 28.4. The summed E-state index contributed by atoms with van der Waals surface area (Å²) in [6, 6.07) is 8.30. The van der Waals surface area contributed by atoms with Gasteiger partial charge in [-0.25, -0.2) is 18.7 Å². The van der Waals surface area contributed by atoms with E-state index in [1.807, 2.05) is 46.4 Å². The Morgan fingerprint density at radius 1 is 0.541 bits per heavy atom. The van der Waals surface area contributed by atoms with Gasteiger partial charge in [0, 0.05) is 22.8 Å². The molecule has 0 spiro atoms. The fraction of sp³-hybridized carbons (Fsp3) is 0.417. The Morgan fingerprint density at radius 3 is 0.811 bits per heavy atom. The first kappa shape index (κ1) is 34.4. The van der Waals surface area contributed by atoms with Crippen LogP contribution < -0.4 is 0 Å². The van der Waals surface area contributed by atoms with E-state index in [-0.39, 0.29) is 27.3 Å². The molecular weight excluding hydrogens is 605 g/mol. The van der Waals surface area contributed by atoms with Crippen molar-refractivity contribution in [3.63, 3.8) is 0 Å². The smallest absolute Gasteiger partial charge is 0.753 e. The van der Waals surface area contributed by atoms with E-state index in [1.54, 1.807) is 0 Å². The zero-order valence-electron chi connectivity index (χ0n) is 22.7. The molecule has 0 radical (unpaired) electrons. The first-order chi connectivity index (χ1) is 16.9. The second kappa shape index (κ2) is 17.0. The second-order valence-corrected chi connectivity index (χ2v) is 8.54. The van der Waals surface area contributed by atoms with Gasteiger partial charge in [-0.05, 0) is 79.7 Å². The predicted molar refractivity (Wildman–Crippen MR) is 150 cm³/mol. The molecule has 10 nitrogen and oxygen atoms in total. The summed E-state index contributed by atoms with van der Waals surface area (Å²) in [7, 11) is 0. The van der Waals surface area contributed by atoms with E-state index in [1.165, 1.54) is 33.1 Å². The molecule has 0 unspecified atom stereocenters. The van der Waals surface area contributed by atoms with Gasteiger partial charge in [-0.1, -0.05) is 24.4 Å². The van der Waals surface area contributed by atoms with Crippen molar-refractivity contribution < 1.29 is 27.3 Å². The fourth-order valence-electron chi connectivity index (χ4n) is 3.53. The van der Waals surface area contributed by atoms with Crippen LogP contribution in [0.15, 0.2) is 24.3 Å². The van der Waals surface area contributed by atoms with Gasteiger partial charge in [-0.15, -0.1) is 0 Å². The Morgan fingerprint density at radius 2 is 0.703 bits per heavy atom. The number of thiocarbonyl (C=S) groups is 2. The van der Waals surface area contributed by atoms with Crippen LogP contribution in [0.2, 0.25) is 0 Å². The third-order valence-corrected chi connectivity index (χ3v) is 4.95. The maximum absolute atomic E-state index is 7.13. The van der Waals surface area contributed by atoms with Crippen molar-refractivity contribution in [3.8, 4) is 0 Å². The molecule has 0 aliphatic carbocycles. The Hall–Kier alpha value is -2.64. The number of aromatic nitrogens is 8. The van der Waals surface area contributed by atoms with E-state index < -0.39 is 0 Å². The van der Waals surface area contributed by atoms with Crippen LogP contribution in [0.4, 0.5) is 0 Å². The van der Waals surface area contributed by atoms with Gasteiger partial charge in [0.15, 0.2) is 0 Å². The quantitative estimate of drug-likeness (QED) is 0.178. The van der Waals surface area contributed by atoms with Crippen LogP contribution in [0.25, 0.3) is 10.8 Å². The van der Waals surface area contributed by atoms with Crippen LogP contribution in [0.3, 0.4) is 0 Å². The van der Waals surface area contributed by atoms with Crippen LogP contribution in [0.1, 0.15) is 45.6 Å². The number of nitrogens with zero attached hydrogens (tertiary/aromatic N) is 10. The van der Waals surface area contributed by atoms with Crippen molar-refractivity contribution in [2.24, 2.45) is 0 Å². The molecule has 0 N–H and O–H groups in total. The molecule has 0 amide bonds. The average molecular weight is 637 g/mol. The molecule has 0 aliphatic rings. The van der Waals surface area contributed by atoms with Gasteiger partial charge in [0.2, 0.25) is 0 Å². The minimum Gasteiger partial charge on any atom is -0.753 e. The standard InChI is InChI=1S/2C11H16N4.2CNS.Cd/c2*1-8-5-10(3)14(12-8)7-15-11(4)6-9(2)13-15;2*2-1-3;/h2*5-6H,7H2,1-4H3;;;/q;;2*-1;+2. The topological polar surface area (TPSA) is 116 Å². The third kappa shape index (κ3) is 11.5. The molecule has 0 bridgehead atoms. The largest absolute Gasteiger partial charge is 2.00 e. The molecule has 192 valence electrons. The summed E-state index contributed by atoms with van der Waals surface area (Å²) < 4.78 is 7.87. The summed E-state index contributed by atoms with van der Waals surface area (Å²) in [6.07, 6.45) is 0. The van der Waals surface area contributed by atoms with Gasteiger partial charge in [0.25, 0.3) is 0 Å². The molecule has 4 aromatic rings. The van der Waals surface area contributed by atoms with Crippen molar-refractivity contribution in [2.75, 3.05) is 0 Å². The van der Waals surface area contributed by atoms with Gasteiger partial charge in [0.05, 0.1) is 22.8 Å².